The minimum absolute atomic E-state index is 0.671. The van der Waals surface area contributed by atoms with E-state index in [1.54, 1.807) is 6.20 Å². The van der Waals surface area contributed by atoms with Gasteiger partial charge in [0.05, 0.1) is 6.61 Å². The summed E-state index contributed by atoms with van der Waals surface area (Å²) in [5.74, 6) is 0.871. The van der Waals surface area contributed by atoms with Crippen LogP contribution in [0.1, 0.15) is 12.1 Å². The van der Waals surface area contributed by atoms with Gasteiger partial charge in [-0.2, -0.15) is 0 Å². The van der Waals surface area contributed by atoms with Crippen molar-refractivity contribution in [2.75, 3.05) is 13.2 Å². The molecule has 0 radical (unpaired) electrons. The third-order valence-corrected chi connectivity index (χ3v) is 1.49. The molecule has 0 atom stereocenters. The molecule has 0 aliphatic carbocycles. The molecule has 0 saturated carbocycles. The number of hydrogen-bond acceptors (Lipinski definition) is 3. The summed E-state index contributed by atoms with van der Waals surface area (Å²) in [6.07, 6.45) is 2.63. The number of aryl methyl sites for hydroxylation is 1. The minimum Gasteiger partial charge on any atom is -0.493 e. The molecule has 0 spiro atoms. The number of aromatic nitrogens is 1. The van der Waals surface area contributed by atoms with Crippen LogP contribution in [0, 0.1) is 6.92 Å². The zero-order valence-electron chi connectivity index (χ0n) is 7.29. The second kappa shape index (κ2) is 4.72. The third kappa shape index (κ3) is 2.88. The molecule has 66 valence electrons. The van der Waals surface area contributed by atoms with Crippen LogP contribution >= 0.6 is 0 Å². The Labute approximate surface area is 72.6 Å². The molecule has 3 heteroatoms. The highest BCUT2D eigenvalue weighted by Crippen LogP contribution is 2.09. The van der Waals surface area contributed by atoms with Crippen LogP contribution in [0.3, 0.4) is 0 Å². The molecule has 0 aliphatic rings. The molecule has 12 heavy (non-hydrogen) atoms. The fourth-order valence-electron chi connectivity index (χ4n) is 0.883. The number of pyridine rings is 1. The summed E-state index contributed by atoms with van der Waals surface area (Å²) in [4.78, 5) is 4.06. The molecule has 1 rings (SSSR count). The van der Waals surface area contributed by atoms with Gasteiger partial charge in [0.2, 0.25) is 0 Å². The van der Waals surface area contributed by atoms with Crippen molar-refractivity contribution >= 4 is 0 Å². The van der Waals surface area contributed by atoms with Crippen LogP contribution in [0.4, 0.5) is 0 Å². The molecule has 0 aromatic carbocycles. The highest BCUT2D eigenvalue weighted by atomic mass is 16.5. The number of hydrogen-bond donors (Lipinski definition) is 1. The van der Waals surface area contributed by atoms with Crippen molar-refractivity contribution < 1.29 is 4.74 Å². The van der Waals surface area contributed by atoms with Crippen molar-refractivity contribution in [1.82, 2.24) is 4.98 Å². The van der Waals surface area contributed by atoms with E-state index in [9.17, 15) is 0 Å². The highest BCUT2D eigenvalue weighted by Gasteiger charge is 1.92. The molecular weight excluding hydrogens is 152 g/mol. The largest absolute Gasteiger partial charge is 0.493 e. The van der Waals surface area contributed by atoms with Crippen molar-refractivity contribution in [1.29, 1.82) is 0 Å². The lowest BCUT2D eigenvalue weighted by Crippen LogP contribution is -2.06. The first-order valence-electron chi connectivity index (χ1n) is 4.08. The molecule has 0 fully saturated rings. The highest BCUT2D eigenvalue weighted by molar-refractivity contribution is 5.21. The summed E-state index contributed by atoms with van der Waals surface area (Å²) >= 11 is 0. The SMILES string of the molecule is Cc1cc(OCCCN)ccn1. The maximum atomic E-state index is 5.41. The zero-order valence-corrected chi connectivity index (χ0v) is 7.29. The van der Waals surface area contributed by atoms with Gasteiger partial charge in [0.25, 0.3) is 0 Å². The molecule has 3 nitrogen and oxygen atoms in total. The molecule has 0 saturated heterocycles. The maximum absolute atomic E-state index is 5.41. The minimum atomic E-state index is 0.671. The van der Waals surface area contributed by atoms with Gasteiger partial charge >= 0.3 is 0 Å². The van der Waals surface area contributed by atoms with Crippen LogP contribution in [-0.2, 0) is 0 Å². The number of nitrogens with two attached hydrogens (primary N) is 1. The van der Waals surface area contributed by atoms with Gasteiger partial charge in [0.15, 0.2) is 0 Å². The molecule has 1 heterocycles. The summed E-state index contributed by atoms with van der Waals surface area (Å²) in [5.41, 5.74) is 6.30. The molecule has 0 aliphatic heterocycles. The first-order valence-corrected chi connectivity index (χ1v) is 4.08. The van der Waals surface area contributed by atoms with E-state index in [1.165, 1.54) is 0 Å². The second-order valence-electron chi connectivity index (χ2n) is 2.62. The van der Waals surface area contributed by atoms with Crippen molar-refractivity contribution in [3.05, 3.63) is 24.0 Å². The van der Waals surface area contributed by atoms with Gasteiger partial charge in [-0.15, -0.1) is 0 Å². The van der Waals surface area contributed by atoms with Gasteiger partial charge in [0, 0.05) is 18.0 Å². The molecule has 1 aromatic rings. The van der Waals surface area contributed by atoms with Gasteiger partial charge in [-0.25, -0.2) is 0 Å². The van der Waals surface area contributed by atoms with Crippen LogP contribution < -0.4 is 10.5 Å². The fourth-order valence-corrected chi connectivity index (χ4v) is 0.883. The third-order valence-electron chi connectivity index (χ3n) is 1.49. The van der Waals surface area contributed by atoms with Gasteiger partial charge in [-0.05, 0) is 26.0 Å². The van der Waals surface area contributed by atoms with E-state index in [0.717, 1.165) is 17.9 Å². The molecule has 1 aromatic heterocycles. The van der Waals surface area contributed by atoms with E-state index in [4.69, 9.17) is 10.5 Å². The lowest BCUT2D eigenvalue weighted by molar-refractivity contribution is 0.313. The van der Waals surface area contributed by atoms with Gasteiger partial charge < -0.3 is 10.5 Å². The van der Waals surface area contributed by atoms with Gasteiger partial charge in [-0.3, -0.25) is 4.98 Å². The topological polar surface area (TPSA) is 48.1 Å². The standard InChI is InChI=1S/C9H14N2O/c1-8-7-9(3-5-11-8)12-6-2-4-10/h3,5,7H,2,4,6,10H2,1H3. The average molecular weight is 166 g/mol. The summed E-state index contributed by atoms with van der Waals surface area (Å²) in [6, 6.07) is 3.76. The van der Waals surface area contributed by atoms with E-state index < -0.39 is 0 Å². The normalized spacial score (nSPS) is 9.83. The Morgan fingerprint density at radius 1 is 1.58 bits per heavy atom. The van der Waals surface area contributed by atoms with Crippen molar-refractivity contribution in [2.24, 2.45) is 5.73 Å². The summed E-state index contributed by atoms with van der Waals surface area (Å²) in [7, 11) is 0. The quantitative estimate of drug-likeness (QED) is 0.682. The Hall–Kier alpha value is -1.09. The molecule has 0 unspecified atom stereocenters. The fraction of sp³-hybridized carbons (Fsp3) is 0.444. The van der Waals surface area contributed by atoms with E-state index >= 15 is 0 Å². The summed E-state index contributed by atoms with van der Waals surface area (Å²) in [6.45, 7) is 3.29. The van der Waals surface area contributed by atoms with Crippen LogP contribution in [0.25, 0.3) is 0 Å². The Bertz CT molecular complexity index is 238. The van der Waals surface area contributed by atoms with Crippen molar-refractivity contribution in [3.8, 4) is 5.75 Å². The van der Waals surface area contributed by atoms with Gasteiger partial charge in [-0.1, -0.05) is 0 Å². The number of ether oxygens (including phenoxy) is 1. The summed E-state index contributed by atoms with van der Waals surface area (Å²) < 4.78 is 5.41. The predicted octanol–water partition coefficient (Wildman–Crippen LogP) is 1.12. The van der Waals surface area contributed by atoms with Crippen LogP contribution in [0.2, 0.25) is 0 Å². The predicted molar refractivity (Wildman–Crippen MR) is 48.1 cm³/mol. The Morgan fingerprint density at radius 2 is 2.42 bits per heavy atom. The van der Waals surface area contributed by atoms with Crippen LogP contribution in [-0.4, -0.2) is 18.1 Å². The average Bonchev–Trinajstić information content (AvgIpc) is 2.05. The maximum Gasteiger partial charge on any atom is 0.122 e. The molecule has 2 N–H and O–H groups in total. The van der Waals surface area contributed by atoms with Gasteiger partial charge in [0.1, 0.15) is 5.75 Å². The van der Waals surface area contributed by atoms with Crippen LogP contribution in [0.15, 0.2) is 18.3 Å². The second-order valence-corrected chi connectivity index (χ2v) is 2.62. The monoisotopic (exact) mass is 166 g/mol. The summed E-state index contributed by atoms with van der Waals surface area (Å²) in [5, 5.41) is 0. The first kappa shape index (κ1) is 9.00. The smallest absolute Gasteiger partial charge is 0.122 e. The number of nitrogens with zero attached hydrogens (tertiary/aromatic N) is 1. The lowest BCUT2D eigenvalue weighted by Gasteiger charge is -2.04. The first-order chi connectivity index (χ1) is 5.83. The number of rotatable bonds is 4. The van der Waals surface area contributed by atoms with Crippen molar-refractivity contribution in [3.63, 3.8) is 0 Å². The van der Waals surface area contributed by atoms with Crippen LogP contribution in [0.5, 0.6) is 5.75 Å². The molecule has 0 amide bonds. The molecule has 0 bridgehead atoms. The zero-order chi connectivity index (χ0) is 8.81. The Balaban J connectivity index is 2.41. The van der Waals surface area contributed by atoms with E-state index in [0.29, 0.717) is 13.2 Å². The Kier molecular flexibility index (Phi) is 3.54. The Morgan fingerprint density at radius 3 is 3.08 bits per heavy atom. The lowest BCUT2D eigenvalue weighted by atomic mass is 10.3. The van der Waals surface area contributed by atoms with E-state index in [1.807, 2.05) is 19.1 Å². The molecular formula is C9H14N2O. The van der Waals surface area contributed by atoms with E-state index in [2.05, 4.69) is 4.98 Å². The van der Waals surface area contributed by atoms with E-state index in [-0.39, 0.29) is 0 Å². The van der Waals surface area contributed by atoms with Crippen molar-refractivity contribution in [2.45, 2.75) is 13.3 Å².